The number of benzene rings is 1. The molecule has 0 aliphatic heterocycles. The number of hydrogen-bond donors (Lipinski definition) is 0. The third kappa shape index (κ3) is 4.38. The molecule has 25 heavy (non-hydrogen) atoms. The van der Waals surface area contributed by atoms with Crippen molar-refractivity contribution in [3.05, 3.63) is 53.3 Å². The maximum atomic E-state index is 12.1. The lowest BCUT2D eigenvalue weighted by Gasteiger charge is -2.06. The molecule has 0 saturated heterocycles. The smallest absolute Gasteiger partial charge is 0.387 e. The average Bonchev–Trinajstić information content (AvgIpc) is 3.22. The molecule has 130 valence electrons. The van der Waals surface area contributed by atoms with Crippen molar-refractivity contribution in [3.63, 3.8) is 0 Å². The number of carbonyl (C=O) groups excluding carboxylic acids is 1. The Bertz CT molecular complexity index is 862. The molecule has 2 aromatic heterocycles. The van der Waals surface area contributed by atoms with E-state index in [1.54, 1.807) is 41.6 Å². The zero-order chi connectivity index (χ0) is 17.8. The Hall–Kier alpha value is -2.81. The van der Waals surface area contributed by atoms with E-state index in [0.717, 1.165) is 5.56 Å². The fourth-order valence-electron chi connectivity index (χ4n) is 2.02. The molecule has 0 amide bonds. The Morgan fingerprint density at radius 1 is 1.32 bits per heavy atom. The molecular formula is C16H13F2N3O3S. The number of aryl methyl sites for hydroxylation is 1. The number of alkyl halides is 2. The van der Waals surface area contributed by atoms with E-state index in [-0.39, 0.29) is 18.1 Å². The van der Waals surface area contributed by atoms with Gasteiger partial charge in [0, 0.05) is 24.2 Å². The highest BCUT2D eigenvalue weighted by Gasteiger charge is 2.14. The zero-order valence-corrected chi connectivity index (χ0v) is 13.9. The third-order valence-corrected chi connectivity index (χ3v) is 4.07. The maximum absolute atomic E-state index is 12.1. The minimum atomic E-state index is -2.87. The Morgan fingerprint density at radius 3 is 2.72 bits per heavy atom. The number of hydrogen-bond acceptors (Lipinski definition) is 6. The van der Waals surface area contributed by atoms with Gasteiger partial charge in [-0.1, -0.05) is 12.1 Å². The number of rotatable bonds is 6. The lowest BCUT2D eigenvalue weighted by Crippen LogP contribution is -2.06. The summed E-state index contributed by atoms with van der Waals surface area (Å²) >= 11 is 1.32. The van der Waals surface area contributed by atoms with Gasteiger partial charge in [0.1, 0.15) is 17.4 Å². The van der Waals surface area contributed by atoms with Gasteiger partial charge in [-0.15, -0.1) is 11.3 Å². The second kappa shape index (κ2) is 7.39. The molecule has 0 radical (unpaired) electrons. The number of halogens is 2. The van der Waals surface area contributed by atoms with Crippen molar-refractivity contribution >= 4 is 17.3 Å². The van der Waals surface area contributed by atoms with Crippen molar-refractivity contribution in [3.8, 4) is 16.3 Å². The van der Waals surface area contributed by atoms with E-state index in [4.69, 9.17) is 4.74 Å². The zero-order valence-electron chi connectivity index (χ0n) is 13.1. The monoisotopic (exact) mass is 365 g/mol. The van der Waals surface area contributed by atoms with Crippen LogP contribution >= 0.6 is 11.3 Å². The predicted octanol–water partition coefficient (Wildman–Crippen LogP) is 3.50. The first-order valence-electron chi connectivity index (χ1n) is 7.16. The SMILES string of the molecule is Cn1cc(-c2nc(C(=O)OCc3ccc(OC(F)F)cc3)cs2)cn1. The van der Waals surface area contributed by atoms with E-state index >= 15 is 0 Å². The van der Waals surface area contributed by atoms with Gasteiger partial charge in [0.25, 0.3) is 0 Å². The number of nitrogens with zero attached hydrogens (tertiary/aromatic N) is 3. The molecule has 6 nitrogen and oxygen atoms in total. The Kier molecular flexibility index (Phi) is 5.03. The fourth-order valence-corrected chi connectivity index (χ4v) is 2.79. The summed E-state index contributed by atoms with van der Waals surface area (Å²) in [7, 11) is 1.80. The summed E-state index contributed by atoms with van der Waals surface area (Å²) in [6.07, 6.45) is 3.47. The number of aromatic nitrogens is 3. The first-order valence-corrected chi connectivity index (χ1v) is 8.04. The molecule has 2 heterocycles. The molecule has 0 aliphatic carbocycles. The molecule has 9 heteroatoms. The number of esters is 1. The van der Waals surface area contributed by atoms with Crippen LogP contribution in [0.1, 0.15) is 16.1 Å². The highest BCUT2D eigenvalue weighted by molar-refractivity contribution is 7.13. The van der Waals surface area contributed by atoms with Crippen molar-refractivity contribution in [2.45, 2.75) is 13.2 Å². The summed E-state index contributed by atoms with van der Waals surface area (Å²) in [5, 5.41) is 6.35. The van der Waals surface area contributed by atoms with Gasteiger partial charge in [-0.05, 0) is 17.7 Å². The minimum Gasteiger partial charge on any atom is -0.456 e. The van der Waals surface area contributed by atoms with Crippen LogP contribution in [0.5, 0.6) is 5.75 Å². The van der Waals surface area contributed by atoms with E-state index in [2.05, 4.69) is 14.8 Å². The van der Waals surface area contributed by atoms with Crippen molar-refractivity contribution < 1.29 is 23.0 Å². The van der Waals surface area contributed by atoms with Crippen LogP contribution in [-0.2, 0) is 18.4 Å². The van der Waals surface area contributed by atoms with E-state index in [9.17, 15) is 13.6 Å². The first-order chi connectivity index (χ1) is 12.0. The summed E-state index contributed by atoms with van der Waals surface area (Å²) in [5.41, 5.74) is 1.68. The van der Waals surface area contributed by atoms with Crippen LogP contribution in [0.25, 0.3) is 10.6 Å². The van der Waals surface area contributed by atoms with E-state index in [0.29, 0.717) is 10.6 Å². The molecule has 3 aromatic rings. The Labute approximate surface area is 145 Å². The van der Waals surface area contributed by atoms with E-state index < -0.39 is 12.6 Å². The largest absolute Gasteiger partial charge is 0.456 e. The van der Waals surface area contributed by atoms with E-state index in [1.807, 2.05) is 0 Å². The van der Waals surface area contributed by atoms with Crippen molar-refractivity contribution in [1.82, 2.24) is 14.8 Å². The summed E-state index contributed by atoms with van der Waals surface area (Å²) in [4.78, 5) is 16.3. The quantitative estimate of drug-likeness (QED) is 0.626. The van der Waals surface area contributed by atoms with Crippen molar-refractivity contribution in [1.29, 1.82) is 0 Å². The highest BCUT2D eigenvalue weighted by Crippen LogP contribution is 2.23. The van der Waals surface area contributed by atoms with Gasteiger partial charge in [-0.3, -0.25) is 4.68 Å². The molecule has 0 bridgehead atoms. The summed E-state index contributed by atoms with van der Waals surface area (Å²) in [6.45, 7) is -2.87. The topological polar surface area (TPSA) is 66.2 Å². The lowest BCUT2D eigenvalue weighted by atomic mass is 10.2. The number of thiazole rings is 1. The predicted molar refractivity (Wildman–Crippen MR) is 86.5 cm³/mol. The Morgan fingerprint density at radius 2 is 2.08 bits per heavy atom. The van der Waals surface area contributed by atoms with Crippen LogP contribution in [0.3, 0.4) is 0 Å². The molecule has 0 aliphatic rings. The second-order valence-corrected chi connectivity index (χ2v) is 5.90. The molecule has 0 N–H and O–H groups in total. The van der Waals surface area contributed by atoms with Gasteiger partial charge < -0.3 is 9.47 Å². The molecule has 0 saturated carbocycles. The normalized spacial score (nSPS) is 10.9. The van der Waals surface area contributed by atoms with Gasteiger partial charge in [0.05, 0.1) is 6.20 Å². The standard InChI is InChI=1S/C16H13F2N3O3S/c1-21-7-11(6-19-21)14-20-13(9-25-14)15(22)23-8-10-2-4-12(5-3-10)24-16(17)18/h2-7,9,16H,8H2,1H3. The molecule has 0 fully saturated rings. The minimum absolute atomic E-state index is 0.00748. The maximum Gasteiger partial charge on any atom is 0.387 e. The van der Waals surface area contributed by atoms with Crippen LogP contribution in [0, 0.1) is 0 Å². The Balaban J connectivity index is 1.58. The molecule has 0 atom stereocenters. The summed E-state index contributed by atoms with van der Waals surface area (Å²) in [6, 6.07) is 5.87. The molecule has 0 spiro atoms. The first kappa shape index (κ1) is 17.0. The summed E-state index contributed by atoms with van der Waals surface area (Å²) < 4.78 is 35.3. The lowest BCUT2D eigenvalue weighted by molar-refractivity contribution is -0.0498. The van der Waals surface area contributed by atoms with Crippen LogP contribution in [0.4, 0.5) is 8.78 Å². The fraction of sp³-hybridized carbons (Fsp3) is 0.188. The molecule has 3 rings (SSSR count). The van der Waals surface area contributed by atoms with Gasteiger partial charge >= 0.3 is 12.6 Å². The molecule has 0 unspecified atom stereocenters. The van der Waals surface area contributed by atoms with Crippen LogP contribution < -0.4 is 4.74 Å². The average molecular weight is 365 g/mol. The third-order valence-electron chi connectivity index (χ3n) is 3.18. The van der Waals surface area contributed by atoms with Crippen molar-refractivity contribution in [2.75, 3.05) is 0 Å². The molecule has 1 aromatic carbocycles. The summed E-state index contributed by atoms with van der Waals surface area (Å²) in [5.74, 6) is -0.509. The van der Waals surface area contributed by atoms with Gasteiger partial charge in [-0.2, -0.15) is 13.9 Å². The van der Waals surface area contributed by atoms with Gasteiger partial charge in [0.2, 0.25) is 0 Å². The van der Waals surface area contributed by atoms with Crippen LogP contribution in [0.2, 0.25) is 0 Å². The van der Waals surface area contributed by atoms with Gasteiger partial charge in [-0.25, -0.2) is 9.78 Å². The second-order valence-electron chi connectivity index (χ2n) is 5.04. The molecular weight excluding hydrogens is 352 g/mol. The van der Waals surface area contributed by atoms with Gasteiger partial charge in [0.15, 0.2) is 5.69 Å². The van der Waals surface area contributed by atoms with Crippen LogP contribution in [-0.4, -0.2) is 27.3 Å². The van der Waals surface area contributed by atoms with Crippen LogP contribution in [0.15, 0.2) is 42.0 Å². The van der Waals surface area contributed by atoms with Crippen molar-refractivity contribution in [2.24, 2.45) is 7.05 Å². The highest BCUT2D eigenvalue weighted by atomic mass is 32.1. The number of carbonyl (C=O) groups is 1. The number of ether oxygens (including phenoxy) is 2. The van der Waals surface area contributed by atoms with E-state index in [1.165, 1.54) is 23.5 Å².